The van der Waals surface area contributed by atoms with E-state index in [-0.39, 0.29) is 18.5 Å². The van der Waals surface area contributed by atoms with Gasteiger partial charge in [0, 0.05) is 30.7 Å². The number of fused-ring (bicyclic) bond motifs is 2. The number of carbonyl (C=O) groups is 1. The third-order valence-corrected chi connectivity index (χ3v) is 6.95. The molecule has 2 aromatic heterocycles. The van der Waals surface area contributed by atoms with Gasteiger partial charge in [0.2, 0.25) is 0 Å². The summed E-state index contributed by atoms with van der Waals surface area (Å²) < 4.78 is 20.5. The second-order valence-corrected chi connectivity index (χ2v) is 9.41. The summed E-state index contributed by atoms with van der Waals surface area (Å²) in [5.74, 6) is 0.580. The summed E-state index contributed by atoms with van der Waals surface area (Å²) >= 11 is 0. The van der Waals surface area contributed by atoms with Gasteiger partial charge in [0.1, 0.15) is 25.7 Å². The zero-order chi connectivity index (χ0) is 28.5. The van der Waals surface area contributed by atoms with Crippen molar-refractivity contribution in [2.24, 2.45) is 0 Å². The highest BCUT2D eigenvalue weighted by atomic mass is 16.6. The van der Waals surface area contributed by atoms with Gasteiger partial charge < -0.3 is 14.4 Å². The molecule has 6 rings (SSSR count). The minimum absolute atomic E-state index is 0.162. The van der Waals surface area contributed by atoms with E-state index in [2.05, 4.69) is 9.97 Å². The Morgan fingerprint density at radius 1 is 1.00 bits per heavy atom. The van der Waals surface area contributed by atoms with Gasteiger partial charge in [-0.25, -0.2) is 14.8 Å². The van der Waals surface area contributed by atoms with E-state index < -0.39 is 6.09 Å². The van der Waals surface area contributed by atoms with Gasteiger partial charge in [-0.15, -0.1) is 0 Å². The molecule has 1 aliphatic heterocycles. The highest BCUT2D eigenvalue weighted by Gasteiger charge is 2.31. The first-order valence-electron chi connectivity index (χ1n) is 13.3. The highest BCUT2D eigenvalue weighted by molar-refractivity contribution is 5.97. The zero-order valence-corrected chi connectivity index (χ0v) is 22.1. The van der Waals surface area contributed by atoms with Crippen molar-refractivity contribution >= 4 is 34.2 Å². The fourth-order valence-electron chi connectivity index (χ4n) is 5.05. The number of pyridine rings is 1. The molecular weight excluding hydrogens is 506 g/mol. The molecule has 0 fully saturated rings. The lowest BCUT2D eigenvalue weighted by molar-refractivity contribution is 0.147. The number of para-hydroxylation sites is 1. The first-order valence-corrected chi connectivity index (χ1v) is 12.8. The van der Waals surface area contributed by atoms with Gasteiger partial charge in [-0.05, 0) is 42.3 Å². The Bertz CT molecular complexity index is 1830. The highest BCUT2D eigenvalue weighted by Crippen LogP contribution is 2.40. The lowest BCUT2D eigenvalue weighted by atomic mass is 10.1. The van der Waals surface area contributed by atoms with Crippen molar-refractivity contribution < 1.29 is 15.6 Å². The van der Waals surface area contributed by atoms with Crippen LogP contribution in [0.25, 0.3) is 16.7 Å². The van der Waals surface area contributed by atoms with Crippen LogP contribution in [0.4, 0.5) is 21.9 Å². The van der Waals surface area contributed by atoms with Gasteiger partial charge >= 0.3 is 6.09 Å². The Labute approximate surface area is 232 Å². The van der Waals surface area contributed by atoms with Crippen molar-refractivity contribution in [3.63, 3.8) is 0 Å². The van der Waals surface area contributed by atoms with Gasteiger partial charge in [-0.3, -0.25) is 14.3 Å². The molecule has 0 radical (unpaired) electrons. The molecule has 0 unspecified atom stereocenters. The average molecular weight is 535 g/mol. The van der Waals surface area contributed by atoms with Crippen molar-refractivity contribution in [1.82, 2.24) is 14.5 Å². The van der Waals surface area contributed by atoms with E-state index in [9.17, 15) is 9.59 Å². The van der Waals surface area contributed by atoms with Crippen molar-refractivity contribution in [3.8, 4) is 11.4 Å². The molecule has 200 valence electrons. The zero-order valence-electron chi connectivity index (χ0n) is 23.1. The molecule has 1 aliphatic rings. The van der Waals surface area contributed by atoms with E-state index in [4.69, 9.17) is 10.8 Å². The Hall–Kier alpha value is -5.18. The Balaban J connectivity index is 1.45. The monoisotopic (exact) mass is 534 g/mol. The van der Waals surface area contributed by atoms with Crippen molar-refractivity contribution in [1.29, 1.82) is 0 Å². The number of rotatable bonds is 5. The smallest absolute Gasteiger partial charge is 0.414 e. The standard InChI is InChI=1S/C31H27N5O4/c1-21-8-6-13-26-28(21)35(31(38)40-19-22-9-4-3-5-10-22)15-14-34(26)27-16-23-18-32-20-33-29(23)36(30(27)37)24-11-7-12-25(17-24)39-2/h3-13,16-18,20H,14-15,19H2,1-2H3/i20D. The molecule has 3 heterocycles. The van der Waals surface area contributed by atoms with E-state index in [1.165, 1.54) is 4.57 Å². The molecule has 0 atom stereocenters. The van der Waals surface area contributed by atoms with Crippen molar-refractivity contribution in [2.75, 3.05) is 30.0 Å². The molecule has 0 bridgehead atoms. The molecule has 1 amide bonds. The number of carbonyl (C=O) groups excluding carboxylic acids is 1. The maximum Gasteiger partial charge on any atom is 0.414 e. The molecule has 9 nitrogen and oxygen atoms in total. The molecule has 3 aromatic carbocycles. The maximum atomic E-state index is 14.2. The number of hydrogen-bond acceptors (Lipinski definition) is 7. The van der Waals surface area contributed by atoms with Gasteiger partial charge in [0.05, 0.1) is 24.2 Å². The predicted octanol–water partition coefficient (Wildman–Crippen LogP) is 5.39. The largest absolute Gasteiger partial charge is 0.497 e. The fraction of sp³-hybridized carbons (Fsp3) is 0.161. The number of benzene rings is 3. The van der Waals surface area contributed by atoms with Crippen LogP contribution in [-0.2, 0) is 11.3 Å². The summed E-state index contributed by atoms with van der Waals surface area (Å²) in [5, 5.41) is 0.595. The Morgan fingerprint density at radius 3 is 2.65 bits per heavy atom. The third kappa shape index (κ3) is 4.51. The number of amides is 1. The van der Waals surface area contributed by atoms with Crippen LogP contribution < -0.4 is 20.1 Å². The van der Waals surface area contributed by atoms with Gasteiger partial charge in [-0.1, -0.05) is 48.5 Å². The molecular formula is C31H27N5O4. The van der Waals surface area contributed by atoms with Crippen molar-refractivity contribution in [2.45, 2.75) is 13.5 Å². The normalized spacial score (nSPS) is 13.1. The first kappa shape index (κ1) is 23.9. The lowest BCUT2D eigenvalue weighted by Gasteiger charge is -2.38. The SMILES string of the molecule is [2H]c1ncc2cc(N3CCN(C(=O)OCc4ccccc4)c4c(C)cccc43)c(=O)n(-c3cccc(OC)c3)c2n1. The van der Waals surface area contributed by atoms with Crippen LogP contribution >= 0.6 is 0 Å². The summed E-state index contributed by atoms with van der Waals surface area (Å²) in [7, 11) is 1.56. The number of ether oxygens (including phenoxy) is 2. The Kier molecular flexibility index (Phi) is 6.29. The molecule has 0 saturated heterocycles. The van der Waals surface area contributed by atoms with Crippen LogP contribution in [0.5, 0.6) is 5.75 Å². The number of aryl methyl sites for hydroxylation is 1. The van der Waals surface area contributed by atoms with Crippen molar-refractivity contribution in [3.05, 3.63) is 113 Å². The molecule has 5 aromatic rings. The fourth-order valence-corrected chi connectivity index (χ4v) is 5.05. The quantitative estimate of drug-likeness (QED) is 0.299. The van der Waals surface area contributed by atoms with E-state index in [0.717, 1.165) is 11.1 Å². The first-order chi connectivity index (χ1) is 19.9. The molecule has 9 heteroatoms. The molecule has 0 N–H and O–H groups in total. The van der Waals surface area contributed by atoms with Crippen LogP contribution in [0.2, 0.25) is 0 Å². The number of anilines is 3. The topological polar surface area (TPSA) is 89.8 Å². The summed E-state index contributed by atoms with van der Waals surface area (Å²) in [6.45, 7) is 2.75. The summed E-state index contributed by atoms with van der Waals surface area (Å²) in [6, 6.07) is 24.1. The van der Waals surface area contributed by atoms with Crippen LogP contribution in [0.3, 0.4) is 0 Å². The number of methoxy groups -OCH3 is 1. The maximum absolute atomic E-state index is 14.2. The molecule has 0 spiro atoms. The van der Waals surface area contributed by atoms with E-state index in [1.54, 1.807) is 48.5 Å². The minimum atomic E-state index is -0.451. The lowest BCUT2D eigenvalue weighted by Crippen LogP contribution is -2.44. The van der Waals surface area contributed by atoms with Gasteiger partial charge in [-0.2, -0.15) is 0 Å². The van der Waals surface area contributed by atoms with Crippen LogP contribution in [0, 0.1) is 6.92 Å². The summed E-state index contributed by atoms with van der Waals surface area (Å²) in [4.78, 5) is 39.4. The van der Waals surface area contributed by atoms with Crippen LogP contribution in [0.15, 0.2) is 96.2 Å². The summed E-state index contributed by atoms with van der Waals surface area (Å²) in [6.07, 6.45) is 0.899. The Morgan fingerprint density at radius 2 is 1.82 bits per heavy atom. The van der Waals surface area contributed by atoms with Gasteiger partial charge in [0.25, 0.3) is 5.56 Å². The van der Waals surface area contributed by atoms with E-state index in [0.29, 0.717) is 52.6 Å². The summed E-state index contributed by atoms with van der Waals surface area (Å²) in [5.41, 5.74) is 4.10. The predicted molar refractivity (Wildman–Crippen MR) is 154 cm³/mol. The molecule has 0 aliphatic carbocycles. The molecule has 0 saturated carbocycles. The van der Waals surface area contributed by atoms with E-state index in [1.807, 2.05) is 60.4 Å². The second kappa shape index (κ2) is 10.5. The van der Waals surface area contributed by atoms with E-state index >= 15 is 0 Å². The molecule has 40 heavy (non-hydrogen) atoms. The number of aromatic nitrogens is 3. The number of nitrogens with zero attached hydrogens (tertiary/aromatic N) is 5. The second-order valence-electron chi connectivity index (χ2n) is 9.41. The van der Waals surface area contributed by atoms with Crippen LogP contribution in [-0.4, -0.2) is 40.8 Å². The number of hydrogen-bond donors (Lipinski definition) is 0. The minimum Gasteiger partial charge on any atom is -0.497 e. The van der Waals surface area contributed by atoms with Crippen LogP contribution in [0.1, 0.15) is 12.5 Å². The van der Waals surface area contributed by atoms with Gasteiger partial charge in [0.15, 0.2) is 5.65 Å². The average Bonchev–Trinajstić information content (AvgIpc) is 3.00. The third-order valence-electron chi connectivity index (χ3n) is 6.95.